The minimum Gasteiger partial charge on any atom is -0.297 e. The van der Waals surface area contributed by atoms with Crippen molar-refractivity contribution in [3.05, 3.63) is 30.0 Å². The van der Waals surface area contributed by atoms with Gasteiger partial charge in [-0.25, -0.2) is 4.39 Å². The van der Waals surface area contributed by atoms with E-state index in [1.54, 1.807) is 10.5 Å². The molecular weight excluding hydrogens is 231 g/mol. The predicted molar refractivity (Wildman–Crippen MR) is 66.8 cm³/mol. The van der Waals surface area contributed by atoms with Gasteiger partial charge in [0.1, 0.15) is 5.82 Å². The second-order valence-corrected chi connectivity index (χ2v) is 5.23. The number of hydrogen-bond donors (Lipinski definition) is 0. The minimum absolute atomic E-state index is 0.104. The molecule has 0 unspecified atom stereocenters. The molecule has 2 aromatic heterocycles. The summed E-state index contributed by atoms with van der Waals surface area (Å²) in [7, 11) is 4.12. The van der Waals surface area contributed by atoms with Gasteiger partial charge in [-0.05, 0) is 39.1 Å². The Morgan fingerprint density at radius 2 is 1.94 bits per heavy atom. The van der Waals surface area contributed by atoms with E-state index in [0.717, 1.165) is 18.7 Å². The molecule has 1 aliphatic carbocycles. The first kappa shape index (κ1) is 11.6. The molecule has 0 amide bonds. The van der Waals surface area contributed by atoms with Crippen LogP contribution in [0.4, 0.5) is 4.39 Å². The monoisotopic (exact) mass is 248 g/mol. The number of pyridine rings is 1. The molecule has 1 saturated carbocycles. The van der Waals surface area contributed by atoms with E-state index in [1.165, 1.54) is 25.1 Å². The molecule has 3 rings (SSSR count). The third-order valence-electron chi connectivity index (χ3n) is 4.07. The van der Waals surface area contributed by atoms with Crippen molar-refractivity contribution in [3.8, 4) is 0 Å². The van der Waals surface area contributed by atoms with Gasteiger partial charge in [0.25, 0.3) is 0 Å². The average molecular weight is 248 g/mol. The molecule has 0 atom stereocenters. The lowest BCUT2D eigenvalue weighted by atomic mass is 9.95. The summed E-state index contributed by atoms with van der Waals surface area (Å²) in [5.74, 6) is 0.606. The molecule has 1 fully saturated rings. The fourth-order valence-corrected chi connectivity index (χ4v) is 3.01. The quantitative estimate of drug-likeness (QED) is 0.817. The van der Waals surface area contributed by atoms with Crippen LogP contribution in [-0.2, 0) is 5.54 Å². The number of hydrogen-bond acceptors (Lipinski definition) is 3. The van der Waals surface area contributed by atoms with Crippen molar-refractivity contribution >= 4 is 5.65 Å². The maximum Gasteiger partial charge on any atom is 0.161 e. The van der Waals surface area contributed by atoms with Crippen LogP contribution in [0, 0.1) is 5.82 Å². The van der Waals surface area contributed by atoms with E-state index < -0.39 is 0 Å². The second kappa shape index (κ2) is 4.02. The van der Waals surface area contributed by atoms with Gasteiger partial charge in [-0.15, -0.1) is 10.2 Å². The van der Waals surface area contributed by atoms with Crippen LogP contribution in [0.5, 0.6) is 0 Å². The van der Waals surface area contributed by atoms with Gasteiger partial charge in [-0.2, -0.15) is 0 Å². The van der Waals surface area contributed by atoms with Gasteiger partial charge in [0, 0.05) is 6.20 Å². The van der Waals surface area contributed by atoms with E-state index in [1.807, 2.05) is 0 Å². The van der Waals surface area contributed by atoms with Gasteiger partial charge in [-0.3, -0.25) is 9.30 Å². The highest BCUT2D eigenvalue weighted by atomic mass is 19.1. The highest BCUT2D eigenvalue weighted by Gasteiger charge is 2.41. The van der Waals surface area contributed by atoms with Crippen LogP contribution in [0.1, 0.15) is 31.5 Å². The smallest absolute Gasteiger partial charge is 0.161 e. The lowest BCUT2D eigenvalue weighted by Gasteiger charge is -2.34. The number of aromatic nitrogens is 3. The molecule has 1 aliphatic rings. The van der Waals surface area contributed by atoms with Crippen LogP contribution < -0.4 is 0 Å². The van der Waals surface area contributed by atoms with Crippen LogP contribution in [0.15, 0.2) is 18.3 Å². The Balaban J connectivity index is 2.21. The Morgan fingerprint density at radius 3 is 2.61 bits per heavy atom. The third kappa shape index (κ3) is 1.54. The van der Waals surface area contributed by atoms with Gasteiger partial charge in [0.05, 0.1) is 5.54 Å². The summed E-state index contributed by atoms with van der Waals surface area (Å²) < 4.78 is 15.2. The van der Waals surface area contributed by atoms with Crippen molar-refractivity contribution in [1.29, 1.82) is 0 Å². The fraction of sp³-hybridized carbons (Fsp3) is 0.538. The topological polar surface area (TPSA) is 33.4 Å². The molecule has 2 aromatic rings. The molecule has 4 nitrogen and oxygen atoms in total. The predicted octanol–water partition coefficient (Wildman–Crippen LogP) is 2.20. The van der Waals surface area contributed by atoms with Crippen molar-refractivity contribution in [3.63, 3.8) is 0 Å². The van der Waals surface area contributed by atoms with Crippen molar-refractivity contribution in [2.75, 3.05) is 14.1 Å². The van der Waals surface area contributed by atoms with E-state index in [4.69, 9.17) is 0 Å². The summed E-state index contributed by atoms with van der Waals surface area (Å²) in [5, 5.41) is 8.47. The Hall–Kier alpha value is -1.49. The first-order chi connectivity index (χ1) is 8.63. The van der Waals surface area contributed by atoms with Crippen molar-refractivity contribution in [1.82, 2.24) is 19.5 Å². The van der Waals surface area contributed by atoms with Gasteiger partial charge >= 0.3 is 0 Å². The van der Waals surface area contributed by atoms with E-state index in [9.17, 15) is 4.39 Å². The minimum atomic E-state index is -0.254. The molecule has 0 saturated heterocycles. The van der Waals surface area contributed by atoms with Gasteiger partial charge in [0.2, 0.25) is 0 Å². The Kier molecular flexibility index (Phi) is 2.59. The van der Waals surface area contributed by atoms with E-state index in [-0.39, 0.29) is 11.4 Å². The Labute approximate surface area is 105 Å². The van der Waals surface area contributed by atoms with Crippen LogP contribution in [0.2, 0.25) is 0 Å². The summed E-state index contributed by atoms with van der Waals surface area (Å²) in [4.78, 5) is 2.20. The van der Waals surface area contributed by atoms with Crippen LogP contribution >= 0.6 is 0 Å². The normalized spacial score (nSPS) is 18.9. The van der Waals surface area contributed by atoms with Crippen molar-refractivity contribution in [2.45, 2.75) is 31.2 Å². The number of nitrogens with zero attached hydrogens (tertiary/aromatic N) is 4. The lowest BCUT2D eigenvalue weighted by molar-refractivity contribution is 0.145. The molecule has 0 aromatic carbocycles. The number of halogens is 1. The maximum absolute atomic E-state index is 13.4. The van der Waals surface area contributed by atoms with Crippen LogP contribution in [-0.4, -0.2) is 33.6 Å². The molecule has 18 heavy (non-hydrogen) atoms. The Bertz CT molecular complexity index is 569. The highest BCUT2D eigenvalue weighted by molar-refractivity contribution is 5.39. The van der Waals surface area contributed by atoms with Gasteiger partial charge in [-0.1, -0.05) is 12.8 Å². The van der Waals surface area contributed by atoms with E-state index >= 15 is 0 Å². The molecule has 0 radical (unpaired) electrons. The standard InChI is InChI=1S/C13H17FN4/c1-17(2)13(7-3-4-8-13)12-16-15-11-6-5-10(14)9-18(11)12/h5-6,9H,3-4,7-8H2,1-2H3. The van der Waals surface area contributed by atoms with E-state index in [0.29, 0.717) is 5.65 Å². The lowest BCUT2D eigenvalue weighted by Crippen LogP contribution is -2.40. The molecule has 0 spiro atoms. The number of fused-ring (bicyclic) bond motifs is 1. The Morgan fingerprint density at radius 1 is 1.22 bits per heavy atom. The average Bonchev–Trinajstić information content (AvgIpc) is 2.94. The largest absolute Gasteiger partial charge is 0.297 e. The zero-order valence-corrected chi connectivity index (χ0v) is 10.7. The fourth-order valence-electron chi connectivity index (χ4n) is 3.01. The van der Waals surface area contributed by atoms with E-state index in [2.05, 4.69) is 29.2 Å². The maximum atomic E-state index is 13.4. The summed E-state index contributed by atoms with van der Waals surface area (Å²) in [6.45, 7) is 0. The molecule has 5 heteroatoms. The molecule has 96 valence electrons. The SMILES string of the molecule is CN(C)C1(c2nnc3ccc(F)cn23)CCCC1. The third-order valence-corrected chi connectivity index (χ3v) is 4.07. The number of rotatable bonds is 2. The molecule has 0 bridgehead atoms. The van der Waals surface area contributed by atoms with Crippen molar-refractivity contribution < 1.29 is 4.39 Å². The highest BCUT2D eigenvalue weighted by Crippen LogP contribution is 2.41. The molecular formula is C13H17FN4. The first-order valence-corrected chi connectivity index (χ1v) is 6.32. The summed E-state index contributed by atoms with van der Waals surface area (Å²) in [6.07, 6.45) is 5.95. The summed E-state index contributed by atoms with van der Waals surface area (Å²) >= 11 is 0. The molecule has 0 aliphatic heterocycles. The summed E-state index contributed by atoms with van der Waals surface area (Å²) in [5.41, 5.74) is 0.604. The molecule has 0 N–H and O–H groups in total. The van der Waals surface area contributed by atoms with Crippen molar-refractivity contribution in [2.24, 2.45) is 0 Å². The molecule has 2 heterocycles. The van der Waals surface area contributed by atoms with Crippen LogP contribution in [0.3, 0.4) is 0 Å². The van der Waals surface area contributed by atoms with Crippen LogP contribution in [0.25, 0.3) is 5.65 Å². The van der Waals surface area contributed by atoms with Gasteiger partial charge < -0.3 is 0 Å². The zero-order valence-electron chi connectivity index (χ0n) is 10.7. The zero-order chi connectivity index (χ0) is 12.8. The first-order valence-electron chi connectivity index (χ1n) is 6.32. The van der Waals surface area contributed by atoms with Gasteiger partial charge in [0.15, 0.2) is 11.5 Å². The summed E-state index contributed by atoms with van der Waals surface area (Å²) in [6, 6.07) is 3.09. The second-order valence-electron chi connectivity index (χ2n) is 5.23.